The van der Waals surface area contributed by atoms with Gasteiger partial charge in [-0.05, 0) is 25.1 Å². The number of hydrogen-bond donors (Lipinski definition) is 3. The van der Waals surface area contributed by atoms with Gasteiger partial charge in [0.05, 0.1) is 21.3 Å². The number of nitrogens with two attached hydrogens (primary N) is 2. The molecular formula is C16H14ClN5O3S. The van der Waals surface area contributed by atoms with Crippen molar-refractivity contribution in [2.45, 2.75) is 13.0 Å². The van der Waals surface area contributed by atoms with Gasteiger partial charge in [0.25, 0.3) is 5.91 Å². The standard InChI is InChI=1S/C16H14ClN5O3S/c1-7-8-6-11(15(25)20-12(13(18)23)14(19)24)26-16(8)22(21-7)10-5-3-2-4-9(10)17/h2-6,12H,1H3,(H2,18,23)(H2,19,24)(H,20,25). The van der Waals surface area contributed by atoms with Crippen LogP contribution in [0.3, 0.4) is 0 Å². The molecule has 2 aromatic heterocycles. The fraction of sp³-hybridized carbons (Fsp3) is 0.125. The quantitative estimate of drug-likeness (QED) is 0.562. The van der Waals surface area contributed by atoms with Crippen LogP contribution < -0.4 is 16.8 Å². The van der Waals surface area contributed by atoms with Gasteiger partial charge in [-0.15, -0.1) is 11.3 Å². The number of aryl methyl sites for hydroxylation is 1. The van der Waals surface area contributed by atoms with Crippen molar-refractivity contribution in [3.8, 4) is 5.69 Å². The summed E-state index contributed by atoms with van der Waals surface area (Å²) in [6, 6.07) is 7.24. The zero-order valence-electron chi connectivity index (χ0n) is 13.5. The number of thiophene rings is 1. The maximum absolute atomic E-state index is 12.4. The molecule has 3 aromatic rings. The zero-order chi connectivity index (χ0) is 19.0. The number of para-hydroxylation sites is 1. The third kappa shape index (κ3) is 3.14. The lowest BCUT2D eigenvalue weighted by Crippen LogP contribution is -2.52. The largest absolute Gasteiger partial charge is 0.367 e. The van der Waals surface area contributed by atoms with Crippen LogP contribution in [0.5, 0.6) is 0 Å². The van der Waals surface area contributed by atoms with Crippen molar-refractivity contribution in [2.24, 2.45) is 11.5 Å². The number of nitrogens with zero attached hydrogens (tertiary/aromatic N) is 2. The Morgan fingerprint density at radius 2 is 1.88 bits per heavy atom. The van der Waals surface area contributed by atoms with Crippen molar-refractivity contribution in [2.75, 3.05) is 0 Å². The van der Waals surface area contributed by atoms with Crippen LogP contribution in [-0.2, 0) is 9.59 Å². The van der Waals surface area contributed by atoms with Crippen molar-refractivity contribution in [1.82, 2.24) is 15.1 Å². The second-order valence-electron chi connectivity index (χ2n) is 5.49. The molecule has 8 nitrogen and oxygen atoms in total. The van der Waals surface area contributed by atoms with E-state index < -0.39 is 23.8 Å². The molecule has 0 radical (unpaired) electrons. The van der Waals surface area contributed by atoms with Crippen molar-refractivity contribution in [3.63, 3.8) is 0 Å². The van der Waals surface area contributed by atoms with Gasteiger partial charge in [0.15, 0.2) is 6.04 Å². The molecule has 0 bridgehead atoms. The summed E-state index contributed by atoms with van der Waals surface area (Å²) < 4.78 is 1.65. The van der Waals surface area contributed by atoms with Crippen molar-refractivity contribution >= 4 is 50.9 Å². The molecule has 0 fully saturated rings. The Morgan fingerprint density at radius 3 is 2.50 bits per heavy atom. The van der Waals surface area contributed by atoms with Gasteiger partial charge in [-0.25, -0.2) is 4.68 Å². The summed E-state index contributed by atoms with van der Waals surface area (Å²) in [4.78, 5) is 35.9. The minimum absolute atomic E-state index is 0.286. The summed E-state index contributed by atoms with van der Waals surface area (Å²) in [7, 11) is 0. The number of benzene rings is 1. The van der Waals surface area contributed by atoms with Crippen LogP contribution in [0.15, 0.2) is 30.3 Å². The van der Waals surface area contributed by atoms with E-state index in [4.69, 9.17) is 23.1 Å². The summed E-state index contributed by atoms with van der Waals surface area (Å²) in [6.07, 6.45) is 0. The predicted molar refractivity (Wildman–Crippen MR) is 98.3 cm³/mol. The highest BCUT2D eigenvalue weighted by molar-refractivity contribution is 7.20. The summed E-state index contributed by atoms with van der Waals surface area (Å²) in [5, 5.41) is 7.97. The highest BCUT2D eigenvalue weighted by atomic mass is 35.5. The molecule has 0 saturated carbocycles. The van der Waals surface area contributed by atoms with Crippen LogP contribution in [0.1, 0.15) is 15.4 Å². The first-order chi connectivity index (χ1) is 12.3. The van der Waals surface area contributed by atoms with E-state index in [9.17, 15) is 14.4 Å². The number of nitrogens with one attached hydrogen (secondary N) is 1. The number of carbonyl (C=O) groups excluding carboxylic acids is 3. The Kier molecular flexibility index (Phi) is 4.66. The van der Waals surface area contributed by atoms with Crippen LogP contribution in [0.25, 0.3) is 15.9 Å². The van der Waals surface area contributed by atoms with E-state index in [2.05, 4.69) is 10.4 Å². The van der Waals surface area contributed by atoms with Gasteiger partial charge in [-0.2, -0.15) is 5.10 Å². The molecule has 134 valence electrons. The number of fused-ring (bicyclic) bond motifs is 1. The molecule has 1 aromatic carbocycles. The molecule has 5 N–H and O–H groups in total. The SMILES string of the molecule is Cc1nn(-c2ccccc2Cl)c2sc(C(=O)NC(C(N)=O)C(N)=O)cc12. The van der Waals surface area contributed by atoms with E-state index >= 15 is 0 Å². The van der Waals surface area contributed by atoms with Gasteiger partial charge in [0, 0.05) is 5.39 Å². The second kappa shape index (κ2) is 6.77. The molecule has 0 spiro atoms. The molecule has 0 aliphatic rings. The Labute approximate surface area is 156 Å². The Hall–Kier alpha value is -2.91. The molecule has 0 aliphatic carbocycles. The highest BCUT2D eigenvalue weighted by Crippen LogP contribution is 2.32. The first-order valence-electron chi connectivity index (χ1n) is 7.43. The number of carbonyl (C=O) groups is 3. The van der Waals surface area contributed by atoms with Crippen molar-refractivity contribution in [1.29, 1.82) is 0 Å². The number of aromatic nitrogens is 2. The summed E-state index contributed by atoms with van der Waals surface area (Å²) in [5.41, 5.74) is 11.5. The average Bonchev–Trinajstić information content (AvgIpc) is 3.13. The minimum atomic E-state index is -1.58. The van der Waals surface area contributed by atoms with Crippen LogP contribution in [0, 0.1) is 6.92 Å². The van der Waals surface area contributed by atoms with Gasteiger partial charge in [0.2, 0.25) is 11.8 Å². The molecular weight excluding hydrogens is 378 g/mol. The maximum Gasteiger partial charge on any atom is 0.262 e. The molecule has 3 amide bonds. The Balaban J connectivity index is 2.01. The van der Waals surface area contributed by atoms with Gasteiger partial charge < -0.3 is 16.8 Å². The van der Waals surface area contributed by atoms with Crippen molar-refractivity contribution in [3.05, 3.63) is 45.9 Å². The number of halogens is 1. The van der Waals surface area contributed by atoms with Gasteiger partial charge in [-0.1, -0.05) is 23.7 Å². The number of primary amides is 2. The summed E-state index contributed by atoms with van der Waals surface area (Å²) in [6.45, 7) is 1.81. The lowest BCUT2D eigenvalue weighted by molar-refractivity contribution is -0.128. The average molecular weight is 392 g/mol. The van der Waals surface area contributed by atoms with Crippen LogP contribution in [-0.4, -0.2) is 33.5 Å². The fourth-order valence-corrected chi connectivity index (χ4v) is 3.73. The smallest absolute Gasteiger partial charge is 0.262 e. The van der Waals surface area contributed by atoms with E-state index in [1.165, 1.54) is 0 Å². The van der Waals surface area contributed by atoms with Crippen LogP contribution >= 0.6 is 22.9 Å². The van der Waals surface area contributed by atoms with E-state index in [-0.39, 0.29) is 4.88 Å². The van der Waals surface area contributed by atoms with Crippen molar-refractivity contribution < 1.29 is 14.4 Å². The Morgan fingerprint density at radius 1 is 1.23 bits per heavy atom. The zero-order valence-corrected chi connectivity index (χ0v) is 15.1. The molecule has 0 saturated heterocycles. The minimum Gasteiger partial charge on any atom is -0.367 e. The normalized spacial score (nSPS) is 11.0. The number of hydrogen-bond acceptors (Lipinski definition) is 5. The van der Waals surface area contributed by atoms with E-state index in [0.717, 1.165) is 16.7 Å². The predicted octanol–water partition coefficient (Wildman–Crippen LogP) is 1.12. The second-order valence-corrected chi connectivity index (χ2v) is 6.93. The molecule has 3 rings (SSSR count). The Bertz CT molecular complexity index is 1030. The fourth-order valence-electron chi connectivity index (χ4n) is 2.43. The van der Waals surface area contributed by atoms with Crippen LogP contribution in [0.4, 0.5) is 0 Å². The van der Waals surface area contributed by atoms with Gasteiger partial charge in [0.1, 0.15) is 4.83 Å². The third-order valence-corrected chi connectivity index (χ3v) is 5.12. The maximum atomic E-state index is 12.4. The number of amides is 3. The van der Waals surface area contributed by atoms with E-state index in [0.29, 0.717) is 21.2 Å². The summed E-state index contributed by atoms with van der Waals surface area (Å²) in [5.74, 6) is -2.67. The third-order valence-electron chi connectivity index (χ3n) is 3.69. The molecule has 0 atom stereocenters. The molecule has 10 heteroatoms. The van der Waals surface area contributed by atoms with Gasteiger partial charge >= 0.3 is 0 Å². The van der Waals surface area contributed by atoms with Crippen LogP contribution in [0.2, 0.25) is 5.02 Å². The lowest BCUT2D eigenvalue weighted by atomic mass is 10.2. The molecule has 26 heavy (non-hydrogen) atoms. The highest BCUT2D eigenvalue weighted by Gasteiger charge is 2.26. The lowest BCUT2D eigenvalue weighted by Gasteiger charge is -2.10. The topological polar surface area (TPSA) is 133 Å². The summed E-state index contributed by atoms with van der Waals surface area (Å²) >= 11 is 7.39. The van der Waals surface area contributed by atoms with E-state index in [1.54, 1.807) is 29.8 Å². The van der Waals surface area contributed by atoms with E-state index in [1.807, 2.05) is 12.1 Å². The number of rotatable bonds is 5. The van der Waals surface area contributed by atoms with Gasteiger partial charge in [-0.3, -0.25) is 14.4 Å². The molecule has 0 unspecified atom stereocenters. The molecule has 0 aliphatic heterocycles. The molecule has 2 heterocycles. The monoisotopic (exact) mass is 391 g/mol. The first-order valence-corrected chi connectivity index (χ1v) is 8.62. The first kappa shape index (κ1) is 17.9.